The average Bonchev–Trinajstić information content (AvgIpc) is 1.90. The van der Waals surface area contributed by atoms with Gasteiger partial charge in [-0.25, -0.2) is 0 Å². The van der Waals surface area contributed by atoms with Crippen LogP contribution in [0.15, 0.2) is 15.7 Å². The fourth-order valence-electron chi connectivity index (χ4n) is 0.619. The first kappa shape index (κ1) is 6.68. The van der Waals surface area contributed by atoms with Crippen molar-refractivity contribution in [1.82, 2.24) is 0 Å². The van der Waals surface area contributed by atoms with Crippen molar-refractivity contribution in [3.05, 3.63) is 10.7 Å². The van der Waals surface area contributed by atoms with Gasteiger partial charge in [0.15, 0.2) is 6.29 Å². The molecule has 0 bridgehead atoms. The van der Waals surface area contributed by atoms with Gasteiger partial charge in [-0.3, -0.25) is 9.79 Å². The SMILES string of the molecule is O=CC1=NC=C(Br)CC1. The molecule has 0 saturated heterocycles. The van der Waals surface area contributed by atoms with Crippen LogP contribution in [0.1, 0.15) is 12.8 Å². The standard InChI is InChI=1S/C6H6BrNO/c7-5-1-2-6(4-9)8-3-5/h3-4H,1-2H2. The van der Waals surface area contributed by atoms with Crippen molar-refractivity contribution in [3.63, 3.8) is 0 Å². The Bertz CT molecular complexity index is 183. The lowest BCUT2D eigenvalue weighted by Crippen LogP contribution is -2.01. The number of hydrogen-bond acceptors (Lipinski definition) is 2. The number of rotatable bonds is 1. The molecule has 0 aromatic rings. The lowest BCUT2D eigenvalue weighted by atomic mass is 10.2. The topological polar surface area (TPSA) is 29.4 Å². The number of carbonyl (C=O) groups is 1. The molecule has 0 spiro atoms. The second kappa shape index (κ2) is 2.92. The number of nitrogens with zero attached hydrogens (tertiary/aromatic N) is 1. The first-order chi connectivity index (χ1) is 4.33. The van der Waals surface area contributed by atoms with Crippen LogP contribution in [0, 0.1) is 0 Å². The smallest absolute Gasteiger partial charge is 0.164 e. The maximum Gasteiger partial charge on any atom is 0.164 e. The molecule has 1 rings (SSSR count). The molecule has 0 N–H and O–H groups in total. The molecule has 1 heterocycles. The highest BCUT2D eigenvalue weighted by Crippen LogP contribution is 2.16. The van der Waals surface area contributed by atoms with Crippen LogP contribution in [-0.2, 0) is 4.79 Å². The van der Waals surface area contributed by atoms with Crippen molar-refractivity contribution >= 4 is 27.9 Å². The van der Waals surface area contributed by atoms with Crippen LogP contribution in [0.3, 0.4) is 0 Å². The van der Waals surface area contributed by atoms with E-state index in [2.05, 4.69) is 20.9 Å². The summed E-state index contributed by atoms with van der Waals surface area (Å²) in [6.07, 6.45) is 4.14. The van der Waals surface area contributed by atoms with E-state index in [1.54, 1.807) is 6.20 Å². The maximum absolute atomic E-state index is 10.1. The molecular weight excluding hydrogens is 182 g/mol. The third kappa shape index (κ3) is 1.75. The molecule has 0 aromatic heterocycles. The zero-order valence-electron chi connectivity index (χ0n) is 4.80. The van der Waals surface area contributed by atoms with Crippen LogP contribution in [0.25, 0.3) is 0 Å². The summed E-state index contributed by atoms with van der Waals surface area (Å²) in [6.45, 7) is 0. The maximum atomic E-state index is 10.1. The minimum Gasteiger partial charge on any atom is -0.297 e. The molecule has 48 valence electrons. The molecule has 1 aliphatic rings. The number of aliphatic imine (C=N–C) groups is 1. The van der Waals surface area contributed by atoms with E-state index in [0.29, 0.717) is 5.71 Å². The molecular formula is C6H6BrNO. The highest BCUT2D eigenvalue weighted by Gasteiger charge is 2.02. The van der Waals surface area contributed by atoms with E-state index >= 15 is 0 Å². The van der Waals surface area contributed by atoms with Gasteiger partial charge in [-0.15, -0.1) is 0 Å². The van der Waals surface area contributed by atoms with Gasteiger partial charge >= 0.3 is 0 Å². The molecule has 0 aliphatic carbocycles. The Morgan fingerprint density at radius 1 is 1.67 bits per heavy atom. The number of hydrogen-bond donors (Lipinski definition) is 0. The Labute approximate surface area is 61.8 Å². The second-order valence-electron chi connectivity index (χ2n) is 1.81. The largest absolute Gasteiger partial charge is 0.297 e. The average molecular weight is 188 g/mol. The van der Waals surface area contributed by atoms with Crippen molar-refractivity contribution in [2.75, 3.05) is 0 Å². The van der Waals surface area contributed by atoms with Crippen LogP contribution in [-0.4, -0.2) is 12.0 Å². The van der Waals surface area contributed by atoms with Crippen LogP contribution in [0.5, 0.6) is 0 Å². The summed E-state index contributed by atoms with van der Waals surface area (Å²) >= 11 is 3.28. The van der Waals surface area contributed by atoms with E-state index in [9.17, 15) is 4.79 Å². The zero-order valence-corrected chi connectivity index (χ0v) is 6.39. The quantitative estimate of drug-likeness (QED) is 0.575. The molecule has 0 aromatic carbocycles. The normalized spacial score (nSPS) is 18.3. The van der Waals surface area contributed by atoms with Crippen molar-refractivity contribution in [2.24, 2.45) is 4.99 Å². The fraction of sp³-hybridized carbons (Fsp3) is 0.333. The summed E-state index contributed by atoms with van der Waals surface area (Å²) in [7, 11) is 0. The van der Waals surface area contributed by atoms with Gasteiger partial charge in [0.2, 0.25) is 0 Å². The second-order valence-corrected chi connectivity index (χ2v) is 2.83. The molecule has 0 unspecified atom stereocenters. The summed E-state index contributed by atoms with van der Waals surface area (Å²) in [4.78, 5) is 14.0. The molecule has 9 heavy (non-hydrogen) atoms. The fourth-order valence-corrected chi connectivity index (χ4v) is 0.920. The third-order valence-corrected chi connectivity index (χ3v) is 1.73. The number of aldehydes is 1. The van der Waals surface area contributed by atoms with Gasteiger partial charge in [0, 0.05) is 10.7 Å². The Hall–Kier alpha value is -0.440. The minimum atomic E-state index is 0.637. The van der Waals surface area contributed by atoms with Crippen LogP contribution >= 0.6 is 15.9 Å². The number of allylic oxidation sites excluding steroid dienone is 1. The van der Waals surface area contributed by atoms with Gasteiger partial charge in [0.05, 0.1) is 5.71 Å². The predicted molar refractivity (Wildman–Crippen MR) is 39.7 cm³/mol. The van der Waals surface area contributed by atoms with Crippen LogP contribution in [0.4, 0.5) is 0 Å². The van der Waals surface area contributed by atoms with E-state index in [4.69, 9.17) is 0 Å². The molecule has 3 heteroatoms. The lowest BCUT2D eigenvalue weighted by molar-refractivity contribution is -0.102. The summed E-state index contributed by atoms with van der Waals surface area (Å²) in [5, 5.41) is 0. The van der Waals surface area contributed by atoms with Gasteiger partial charge in [0.1, 0.15) is 0 Å². The van der Waals surface area contributed by atoms with E-state index in [1.807, 2.05) is 0 Å². The Morgan fingerprint density at radius 3 is 2.89 bits per heavy atom. The highest BCUT2D eigenvalue weighted by molar-refractivity contribution is 9.11. The minimum absolute atomic E-state index is 0.637. The van der Waals surface area contributed by atoms with E-state index in [1.165, 1.54) is 0 Å². The van der Waals surface area contributed by atoms with Crippen molar-refractivity contribution in [3.8, 4) is 0 Å². The molecule has 0 amide bonds. The van der Waals surface area contributed by atoms with E-state index in [-0.39, 0.29) is 0 Å². The summed E-state index contributed by atoms with van der Waals surface area (Å²) in [5.74, 6) is 0. The van der Waals surface area contributed by atoms with Crippen LogP contribution < -0.4 is 0 Å². The van der Waals surface area contributed by atoms with E-state index < -0.39 is 0 Å². The molecule has 2 nitrogen and oxygen atoms in total. The van der Waals surface area contributed by atoms with Crippen molar-refractivity contribution < 1.29 is 4.79 Å². The molecule has 0 radical (unpaired) electrons. The van der Waals surface area contributed by atoms with E-state index in [0.717, 1.165) is 23.6 Å². The van der Waals surface area contributed by atoms with Gasteiger partial charge in [-0.05, 0) is 12.8 Å². The number of carbonyl (C=O) groups excluding carboxylic acids is 1. The lowest BCUT2D eigenvalue weighted by Gasteiger charge is -2.02. The van der Waals surface area contributed by atoms with Gasteiger partial charge in [-0.2, -0.15) is 0 Å². The predicted octanol–water partition coefficient (Wildman–Crippen LogP) is 1.66. The Morgan fingerprint density at radius 2 is 2.44 bits per heavy atom. The molecule has 1 aliphatic heterocycles. The monoisotopic (exact) mass is 187 g/mol. The first-order valence-electron chi connectivity index (χ1n) is 2.69. The summed E-state index contributed by atoms with van der Waals surface area (Å²) in [5.41, 5.74) is 0.637. The van der Waals surface area contributed by atoms with Gasteiger partial charge in [-0.1, -0.05) is 15.9 Å². The highest BCUT2D eigenvalue weighted by atomic mass is 79.9. The first-order valence-corrected chi connectivity index (χ1v) is 3.48. The van der Waals surface area contributed by atoms with Crippen molar-refractivity contribution in [1.29, 1.82) is 0 Å². The van der Waals surface area contributed by atoms with Gasteiger partial charge < -0.3 is 0 Å². The molecule has 0 saturated carbocycles. The Balaban J connectivity index is 2.69. The van der Waals surface area contributed by atoms with Gasteiger partial charge in [0.25, 0.3) is 0 Å². The Kier molecular flexibility index (Phi) is 2.16. The van der Waals surface area contributed by atoms with Crippen molar-refractivity contribution in [2.45, 2.75) is 12.8 Å². The molecule has 0 fully saturated rings. The third-order valence-electron chi connectivity index (χ3n) is 1.13. The summed E-state index contributed by atoms with van der Waals surface area (Å²) in [6, 6.07) is 0. The summed E-state index contributed by atoms with van der Waals surface area (Å²) < 4.78 is 1.06. The number of halogens is 1. The van der Waals surface area contributed by atoms with Crippen LogP contribution in [0.2, 0.25) is 0 Å². The zero-order chi connectivity index (χ0) is 6.69. The molecule has 0 atom stereocenters.